The molecule has 0 aliphatic carbocycles. The molecule has 0 aliphatic heterocycles. The highest BCUT2D eigenvalue weighted by molar-refractivity contribution is 7.08. The van der Waals surface area contributed by atoms with E-state index in [1.54, 1.807) is 42.5 Å². The molecule has 1 heterocycles. The minimum Gasteiger partial charge on any atom is -0.483 e. The highest BCUT2D eigenvalue weighted by Crippen LogP contribution is 2.19. The Bertz CT molecular complexity index is 522. The summed E-state index contributed by atoms with van der Waals surface area (Å²) in [5, 5.41) is 4.54. The number of ether oxygens (including phenoxy) is 1. The second-order valence-electron chi connectivity index (χ2n) is 3.99. The number of Topliss-reactive ketones (excluding diaryl/α,β-unsaturated/α-hetero) is 1. The van der Waals surface area contributed by atoms with Gasteiger partial charge in [0.1, 0.15) is 5.75 Å². The Hall–Kier alpha value is -1.32. The van der Waals surface area contributed by atoms with Crippen LogP contribution in [0.25, 0.3) is 0 Å². The zero-order valence-corrected chi connectivity index (χ0v) is 11.5. The molecule has 0 saturated heterocycles. The Morgan fingerprint density at radius 3 is 2.94 bits per heavy atom. The van der Waals surface area contributed by atoms with Crippen molar-refractivity contribution in [3.05, 3.63) is 51.7 Å². The van der Waals surface area contributed by atoms with Gasteiger partial charge in [-0.15, -0.1) is 0 Å². The number of benzene rings is 1. The lowest BCUT2D eigenvalue weighted by atomic mass is 10.1. The lowest BCUT2D eigenvalue weighted by molar-refractivity contribution is -0.124. The van der Waals surface area contributed by atoms with Crippen molar-refractivity contribution in [2.45, 2.75) is 19.4 Å². The van der Waals surface area contributed by atoms with E-state index in [1.807, 2.05) is 16.8 Å². The van der Waals surface area contributed by atoms with Crippen LogP contribution in [0.2, 0.25) is 5.02 Å². The number of hydrogen-bond donors (Lipinski definition) is 0. The number of carbonyl (C=O) groups excluding carboxylic acids is 1. The van der Waals surface area contributed by atoms with E-state index in [-0.39, 0.29) is 5.78 Å². The van der Waals surface area contributed by atoms with Gasteiger partial charge in [0, 0.05) is 11.4 Å². The Morgan fingerprint density at radius 1 is 1.44 bits per heavy atom. The number of halogens is 1. The summed E-state index contributed by atoms with van der Waals surface area (Å²) in [6.07, 6.45) is -0.0611. The Kier molecular flexibility index (Phi) is 4.39. The van der Waals surface area contributed by atoms with E-state index in [9.17, 15) is 4.79 Å². The SMILES string of the molecule is CC(Oc1cccc(Cl)c1)C(=O)Cc1ccsc1. The standard InChI is InChI=1S/C14H13ClO2S/c1-10(14(16)7-11-5-6-18-9-11)17-13-4-2-3-12(15)8-13/h2-6,8-10H,7H2,1H3. The van der Waals surface area contributed by atoms with Crippen LogP contribution in [0.1, 0.15) is 12.5 Å². The topological polar surface area (TPSA) is 26.3 Å². The second-order valence-corrected chi connectivity index (χ2v) is 5.21. The van der Waals surface area contributed by atoms with Crippen LogP contribution in [0.5, 0.6) is 5.75 Å². The van der Waals surface area contributed by atoms with Gasteiger partial charge in [-0.25, -0.2) is 0 Å². The number of carbonyl (C=O) groups is 1. The monoisotopic (exact) mass is 280 g/mol. The molecule has 0 saturated carbocycles. The van der Waals surface area contributed by atoms with Crippen LogP contribution in [0.3, 0.4) is 0 Å². The van der Waals surface area contributed by atoms with Crippen molar-refractivity contribution in [1.29, 1.82) is 0 Å². The minimum atomic E-state index is -0.469. The molecule has 1 unspecified atom stereocenters. The van der Waals surface area contributed by atoms with Gasteiger partial charge in [0.15, 0.2) is 11.9 Å². The molecule has 2 rings (SSSR count). The molecule has 0 radical (unpaired) electrons. The van der Waals surface area contributed by atoms with Gasteiger partial charge in [-0.3, -0.25) is 4.79 Å². The molecule has 0 aliphatic rings. The molecule has 1 aromatic carbocycles. The zero-order chi connectivity index (χ0) is 13.0. The van der Waals surface area contributed by atoms with Gasteiger partial charge < -0.3 is 4.74 Å². The van der Waals surface area contributed by atoms with Crippen molar-refractivity contribution >= 4 is 28.7 Å². The number of rotatable bonds is 5. The smallest absolute Gasteiger partial charge is 0.177 e. The van der Waals surface area contributed by atoms with E-state index in [2.05, 4.69) is 0 Å². The van der Waals surface area contributed by atoms with Gasteiger partial charge in [0.25, 0.3) is 0 Å². The number of ketones is 1. The predicted octanol–water partition coefficient (Wildman–Crippen LogP) is 3.98. The van der Waals surface area contributed by atoms with E-state index >= 15 is 0 Å². The normalized spacial score (nSPS) is 12.1. The summed E-state index contributed by atoms with van der Waals surface area (Å²) in [5.74, 6) is 0.682. The van der Waals surface area contributed by atoms with Crippen LogP contribution in [0.15, 0.2) is 41.1 Å². The first-order chi connectivity index (χ1) is 8.65. The van der Waals surface area contributed by atoms with Crippen molar-refractivity contribution in [3.8, 4) is 5.75 Å². The third-order valence-electron chi connectivity index (χ3n) is 2.52. The van der Waals surface area contributed by atoms with Gasteiger partial charge in [0.2, 0.25) is 0 Å². The van der Waals surface area contributed by atoms with Crippen LogP contribution < -0.4 is 4.74 Å². The first kappa shape index (κ1) is 13.1. The fraction of sp³-hybridized carbons (Fsp3) is 0.214. The molecule has 0 amide bonds. The molecule has 4 heteroatoms. The van der Waals surface area contributed by atoms with Gasteiger partial charge in [-0.1, -0.05) is 17.7 Å². The van der Waals surface area contributed by atoms with Crippen molar-refractivity contribution in [3.63, 3.8) is 0 Å². The largest absolute Gasteiger partial charge is 0.483 e. The third kappa shape index (κ3) is 3.59. The average Bonchev–Trinajstić information content (AvgIpc) is 2.81. The maximum absolute atomic E-state index is 11.9. The Labute approximate surface area is 115 Å². The molecule has 94 valence electrons. The van der Waals surface area contributed by atoms with Crippen LogP contribution in [-0.4, -0.2) is 11.9 Å². The van der Waals surface area contributed by atoms with Crippen molar-refractivity contribution in [2.75, 3.05) is 0 Å². The summed E-state index contributed by atoms with van der Waals surface area (Å²) in [6.45, 7) is 1.76. The summed E-state index contributed by atoms with van der Waals surface area (Å²) >= 11 is 7.45. The molecule has 2 nitrogen and oxygen atoms in total. The van der Waals surface area contributed by atoms with E-state index in [0.717, 1.165) is 5.56 Å². The summed E-state index contributed by atoms with van der Waals surface area (Å²) in [4.78, 5) is 11.9. The van der Waals surface area contributed by atoms with Gasteiger partial charge in [0.05, 0.1) is 0 Å². The van der Waals surface area contributed by atoms with E-state index in [0.29, 0.717) is 17.2 Å². The molecule has 1 atom stereocenters. The van der Waals surface area contributed by atoms with Gasteiger partial charge >= 0.3 is 0 Å². The molecule has 0 bridgehead atoms. The van der Waals surface area contributed by atoms with Crippen molar-refractivity contribution in [2.24, 2.45) is 0 Å². The molecule has 0 N–H and O–H groups in total. The van der Waals surface area contributed by atoms with Crippen LogP contribution in [0, 0.1) is 0 Å². The summed E-state index contributed by atoms with van der Waals surface area (Å²) in [7, 11) is 0. The van der Waals surface area contributed by atoms with E-state index in [1.165, 1.54) is 0 Å². The number of hydrogen-bond acceptors (Lipinski definition) is 3. The Morgan fingerprint density at radius 2 is 2.28 bits per heavy atom. The molecule has 0 spiro atoms. The summed E-state index contributed by atoms with van der Waals surface area (Å²) in [6, 6.07) is 9.02. The van der Waals surface area contributed by atoms with E-state index < -0.39 is 6.10 Å². The molecule has 2 aromatic rings. The first-order valence-corrected chi connectivity index (χ1v) is 6.93. The second kappa shape index (κ2) is 6.03. The first-order valence-electron chi connectivity index (χ1n) is 5.61. The minimum absolute atomic E-state index is 0.0633. The number of thiophene rings is 1. The third-order valence-corrected chi connectivity index (χ3v) is 3.49. The van der Waals surface area contributed by atoms with Gasteiger partial charge in [-0.2, -0.15) is 11.3 Å². The lowest BCUT2D eigenvalue weighted by Crippen LogP contribution is -2.25. The summed E-state index contributed by atoms with van der Waals surface area (Å²) in [5.41, 5.74) is 1.03. The molecule has 1 aromatic heterocycles. The quantitative estimate of drug-likeness (QED) is 0.828. The zero-order valence-electron chi connectivity index (χ0n) is 9.93. The molecule has 18 heavy (non-hydrogen) atoms. The average molecular weight is 281 g/mol. The van der Waals surface area contributed by atoms with Gasteiger partial charge in [-0.05, 0) is 47.5 Å². The predicted molar refractivity (Wildman–Crippen MR) is 74.6 cm³/mol. The van der Waals surface area contributed by atoms with Crippen LogP contribution >= 0.6 is 22.9 Å². The lowest BCUT2D eigenvalue weighted by Gasteiger charge is -2.13. The fourth-order valence-corrected chi connectivity index (χ4v) is 2.40. The molecule has 0 fully saturated rings. The summed E-state index contributed by atoms with van der Waals surface area (Å²) < 4.78 is 5.58. The van der Waals surface area contributed by atoms with Crippen LogP contribution in [-0.2, 0) is 11.2 Å². The maximum Gasteiger partial charge on any atom is 0.177 e. The van der Waals surface area contributed by atoms with Crippen LogP contribution in [0.4, 0.5) is 0 Å². The molecular formula is C14H13ClO2S. The fourth-order valence-electron chi connectivity index (χ4n) is 1.55. The Balaban J connectivity index is 1.95. The highest BCUT2D eigenvalue weighted by Gasteiger charge is 2.15. The van der Waals surface area contributed by atoms with Crippen molar-refractivity contribution in [1.82, 2.24) is 0 Å². The maximum atomic E-state index is 11.9. The molecular weight excluding hydrogens is 268 g/mol. The van der Waals surface area contributed by atoms with E-state index in [4.69, 9.17) is 16.3 Å². The highest BCUT2D eigenvalue weighted by atomic mass is 35.5. The van der Waals surface area contributed by atoms with Crippen molar-refractivity contribution < 1.29 is 9.53 Å².